The van der Waals surface area contributed by atoms with Crippen LogP contribution in [-0.2, 0) is 4.74 Å². The molecule has 0 aromatic heterocycles. The molecule has 0 bridgehead atoms. The first-order valence-corrected chi connectivity index (χ1v) is 6.93. The van der Waals surface area contributed by atoms with Gasteiger partial charge >= 0.3 is 5.97 Å². The molecule has 0 amide bonds. The standard InChI is InChI=1S/C15H19N3O2/c1-17-10-13(14(16)18(17)12-8-5-9-12)20-15(19)11-6-3-2-4-7-11/h2-4,6-7,12H,5,8-10,16H2,1H3. The van der Waals surface area contributed by atoms with E-state index in [1.165, 1.54) is 6.42 Å². The molecular weight excluding hydrogens is 254 g/mol. The molecule has 1 aromatic rings. The average Bonchev–Trinajstić information content (AvgIpc) is 2.66. The molecule has 20 heavy (non-hydrogen) atoms. The molecular formula is C15H19N3O2. The monoisotopic (exact) mass is 273 g/mol. The van der Waals surface area contributed by atoms with Crippen molar-refractivity contribution in [3.63, 3.8) is 0 Å². The third-order valence-electron chi connectivity index (χ3n) is 3.92. The topological polar surface area (TPSA) is 58.8 Å². The van der Waals surface area contributed by atoms with Crippen molar-refractivity contribution < 1.29 is 9.53 Å². The van der Waals surface area contributed by atoms with Gasteiger partial charge in [0, 0.05) is 13.1 Å². The van der Waals surface area contributed by atoms with Crippen LogP contribution in [0.1, 0.15) is 29.6 Å². The highest BCUT2D eigenvalue weighted by Crippen LogP contribution is 2.32. The summed E-state index contributed by atoms with van der Waals surface area (Å²) in [4.78, 5) is 12.1. The van der Waals surface area contributed by atoms with Crippen molar-refractivity contribution in [1.29, 1.82) is 0 Å². The molecule has 2 N–H and O–H groups in total. The largest absolute Gasteiger partial charge is 0.422 e. The molecule has 1 heterocycles. The zero-order valence-electron chi connectivity index (χ0n) is 11.6. The highest BCUT2D eigenvalue weighted by molar-refractivity contribution is 5.90. The average molecular weight is 273 g/mol. The van der Waals surface area contributed by atoms with Crippen molar-refractivity contribution in [1.82, 2.24) is 10.0 Å². The van der Waals surface area contributed by atoms with Crippen molar-refractivity contribution in [2.75, 3.05) is 13.6 Å². The van der Waals surface area contributed by atoms with Crippen LogP contribution in [0.5, 0.6) is 0 Å². The minimum absolute atomic E-state index is 0.354. The van der Waals surface area contributed by atoms with Gasteiger partial charge in [-0.15, -0.1) is 0 Å². The number of hydrazine groups is 1. The van der Waals surface area contributed by atoms with Gasteiger partial charge in [0.2, 0.25) is 0 Å². The first-order valence-electron chi connectivity index (χ1n) is 6.93. The molecule has 0 radical (unpaired) electrons. The Morgan fingerprint density at radius 1 is 1.30 bits per heavy atom. The van der Waals surface area contributed by atoms with Gasteiger partial charge in [0.1, 0.15) is 0 Å². The molecule has 5 nitrogen and oxygen atoms in total. The van der Waals surface area contributed by atoms with Crippen LogP contribution >= 0.6 is 0 Å². The number of ether oxygens (including phenoxy) is 1. The third kappa shape index (κ3) is 2.25. The zero-order valence-corrected chi connectivity index (χ0v) is 11.6. The van der Waals surface area contributed by atoms with Crippen LogP contribution in [0.3, 0.4) is 0 Å². The molecule has 3 rings (SSSR count). The van der Waals surface area contributed by atoms with Gasteiger partial charge in [-0.2, -0.15) is 0 Å². The van der Waals surface area contributed by atoms with Gasteiger partial charge in [-0.25, -0.2) is 9.80 Å². The van der Waals surface area contributed by atoms with Crippen LogP contribution < -0.4 is 5.73 Å². The van der Waals surface area contributed by atoms with Crippen LogP contribution in [0.15, 0.2) is 41.9 Å². The molecule has 0 unspecified atom stereocenters. The van der Waals surface area contributed by atoms with E-state index in [0.717, 1.165) is 12.8 Å². The van der Waals surface area contributed by atoms with Crippen molar-refractivity contribution in [3.8, 4) is 0 Å². The number of carbonyl (C=O) groups excluding carboxylic acids is 1. The van der Waals surface area contributed by atoms with E-state index < -0.39 is 0 Å². The SMILES string of the molecule is CN1CC(OC(=O)c2ccccc2)=C(N)N1C1CCC1. The Hall–Kier alpha value is -2.01. The number of nitrogens with zero attached hydrogens (tertiary/aromatic N) is 2. The molecule has 2 aliphatic rings. The second kappa shape index (κ2) is 5.17. The van der Waals surface area contributed by atoms with E-state index >= 15 is 0 Å². The van der Waals surface area contributed by atoms with Crippen molar-refractivity contribution >= 4 is 5.97 Å². The van der Waals surface area contributed by atoms with Crippen molar-refractivity contribution in [3.05, 3.63) is 47.5 Å². The van der Waals surface area contributed by atoms with E-state index in [2.05, 4.69) is 5.01 Å². The molecule has 1 aromatic carbocycles. The summed E-state index contributed by atoms with van der Waals surface area (Å²) >= 11 is 0. The summed E-state index contributed by atoms with van der Waals surface area (Å²) in [6.45, 7) is 0.543. The Morgan fingerprint density at radius 3 is 2.60 bits per heavy atom. The van der Waals surface area contributed by atoms with E-state index in [9.17, 15) is 4.79 Å². The quantitative estimate of drug-likeness (QED) is 0.849. The molecule has 1 fully saturated rings. The summed E-state index contributed by atoms with van der Waals surface area (Å²) < 4.78 is 5.46. The lowest BCUT2D eigenvalue weighted by molar-refractivity contribution is -0.0102. The van der Waals surface area contributed by atoms with Gasteiger partial charge in [-0.3, -0.25) is 5.01 Å². The molecule has 1 saturated carbocycles. The number of rotatable bonds is 3. The van der Waals surface area contributed by atoms with Crippen molar-refractivity contribution in [2.24, 2.45) is 5.73 Å². The molecule has 1 aliphatic carbocycles. The first-order chi connectivity index (χ1) is 9.66. The Bertz CT molecular complexity index is 537. The molecule has 0 atom stereocenters. The number of hydrogen-bond acceptors (Lipinski definition) is 5. The van der Waals surface area contributed by atoms with Gasteiger partial charge in [0.05, 0.1) is 12.1 Å². The summed E-state index contributed by atoms with van der Waals surface area (Å²) in [5, 5.41) is 4.07. The van der Waals surface area contributed by atoms with Crippen LogP contribution in [-0.4, -0.2) is 35.6 Å². The summed E-state index contributed by atoms with van der Waals surface area (Å²) in [6.07, 6.45) is 3.53. The predicted molar refractivity (Wildman–Crippen MR) is 75.2 cm³/mol. The van der Waals surface area contributed by atoms with Gasteiger partial charge < -0.3 is 10.5 Å². The van der Waals surface area contributed by atoms with Gasteiger partial charge in [0.25, 0.3) is 0 Å². The lowest BCUT2D eigenvalue weighted by Gasteiger charge is -2.40. The summed E-state index contributed by atoms with van der Waals surface area (Å²) in [6, 6.07) is 9.42. The van der Waals surface area contributed by atoms with Gasteiger partial charge in [0.15, 0.2) is 11.6 Å². The van der Waals surface area contributed by atoms with E-state index in [1.54, 1.807) is 12.1 Å². The molecule has 1 aliphatic heterocycles. The Balaban J connectivity index is 1.73. The maximum Gasteiger partial charge on any atom is 0.343 e. The normalized spacial score (nSPS) is 20.1. The maximum absolute atomic E-state index is 12.1. The third-order valence-corrected chi connectivity index (χ3v) is 3.92. The zero-order chi connectivity index (χ0) is 14.1. The highest BCUT2D eigenvalue weighted by atomic mass is 16.5. The fourth-order valence-electron chi connectivity index (χ4n) is 2.61. The Kier molecular flexibility index (Phi) is 3.36. The molecule has 106 valence electrons. The first kappa shape index (κ1) is 13.0. The lowest BCUT2D eigenvalue weighted by Crippen LogP contribution is -2.47. The molecule has 0 spiro atoms. The maximum atomic E-state index is 12.1. The number of benzene rings is 1. The smallest absolute Gasteiger partial charge is 0.343 e. The Labute approximate surface area is 118 Å². The number of hydrogen-bond donors (Lipinski definition) is 1. The van der Waals surface area contributed by atoms with E-state index in [1.807, 2.05) is 30.3 Å². The number of nitrogens with two attached hydrogens (primary N) is 1. The predicted octanol–water partition coefficient (Wildman–Crippen LogP) is 1.69. The van der Waals surface area contributed by atoms with Crippen molar-refractivity contribution in [2.45, 2.75) is 25.3 Å². The van der Waals surface area contributed by atoms with Crippen LogP contribution in [0.4, 0.5) is 0 Å². The van der Waals surface area contributed by atoms with E-state index in [0.29, 0.717) is 29.7 Å². The van der Waals surface area contributed by atoms with Gasteiger partial charge in [-0.05, 0) is 31.4 Å². The number of carbonyl (C=O) groups is 1. The van der Waals surface area contributed by atoms with E-state index in [4.69, 9.17) is 10.5 Å². The summed E-state index contributed by atoms with van der Waals surface area (Å²) in [5.74, 6) is 0.766. The lowest BCUT2D eigenvalue weighted by atomic mass is 9.93. The summed E-state index contributed by atoms with van der Waals surface area (Å²) in [7, 11) is 1.97. The molecule has 0 saturated heterocycles. The van der Waals surface area contributed by atoms with Gasteiger partial charge in [-0.1, -0.05) is 18.2 Å². The van der Waals surface area contributed by atoms with Crippen LogP contribution in [0.2, 0.25) is 0 Å². The molecule has 5 heteroatoms. The highest BCUT2D eigenvalue weighted by Gasteiger charge is 2.36. The second-order valence-corrected chi connectivity index (χ2v) is 5.31. The fraction of sp³-hybridized carbons (Fsp3) is 0.400. The minimum atomic E-state index is -0.354. The number of esters is 1. The summed E-state index contributed by atoms with van der Waals surface area (Å²) in [5.41, 5.74) is 6.68. The van der Waals surface area contributed by atoms with Crippen LogP contribution in [0, 0.1) is 0 Å². The number of likely N-dealkylation sites (N-methyl/N-ethyl adjacent to an activating group) is 1. The Morgan fingerprint density at radius 2 is 2.00 bits per heavy atom. The minimum Gasteiger partial charge on any atom is -0.422 e. The second-order valence-electron chi connectivity index (χ2n) is 5.31. The fourth-order valence-corrected chi connectivity index (χ4v) is 2.61. The van der Waals surface area contributed by atoms with E-state index in [-0.39, 0.29) is 5.97 Å². The van der Waals surface area contributed by atoms with Crippen LogP contribution in [0.25, 0.3) is 0 Å².